The first-order valence-electron chi connectivity index (χ1n) is 8.60. The van der Waals surface area contributed by atoms with Crippen molar-refractivity contribution in [2.45, 2.75) is 51.4 Å². The highest BCUT2D eigenvalue weighted by molar-refractivity contribution is 5.73. The number of carboxylic acid groups (broad SMARTS) is 1. The number of piperidine rings is 1. The third kappa shape index (κ3) is 5.09. The van der Waals surface area contributed by atoms with E-state index in [0.29, 0.717) is 13.0 Å². The number of hydrogen-bond acceptors (Lipinski definition) is 3. The van der Waals surface area contributed by atoms with Gasteiger partial charge in [-0.15, -0.1) is 0 Å². The molecule has 4 nitrogen and oxygen atoms in total. The third-order valence-electron chi connectivity index (χ3n) is 4.52. The zero-order valence-electron chi connectivity index (χ0n) is 14.6. The minimum Gasteiger partial charge on any atom is -0.493 e. The number of aliphatic carboxylic acids is 1. The van der Waals surface area contributed by atoms with Crippen LogP contribution in [0.2, 0.25) is 0 Å². The lowest BCUT2D eigenvalue weighted by molar-refractivity contribution is -0.145. The smallest absolute Gasteiger partial charge is 0.416 e. The molecule has 1 aromatic rings. The fourth-order valence-electron chi connectivity index (χ4n) is 3.20. The van der Waals surface area contributed by atoms with E-state index in [1.165, 1.54) is 13.0 Å². The largest absolute Gasteiger partial charge is 0.493 e. The second-order valence-electron chi connectivity index (χ2n) is 6.48. The molecule has 0 saturated carbocycles. The molecule has 0 aliphatic carbocycles. The molecule has 26 heavy (non-hydrogen) atoms. The van der Waals surface area contributed by atoms with Crippen molar-refractivity contribution in [3.63, 3.8) is 0 Å². The number of carboxylic acids is 1. The third-order valence-corrected chi connectivity index (χ3v) is 4.52. The van der Waals surface area contributed by atoms with Gasteiger partial charge in [-0.1, -0.05) is 6.42 Å². The molecule has 2 rings (SSSR count). The standard InChI is InChI=1S/C18H23F4NO3/c1-12-9-16(26-8-4-6-19)13(10-14(12)18(20,21)22)11-23-7-3-2-5-15(23)17(24)25/h9-10,15H,2-8,11H2,1H3,(H,24,25)/t15-/m0/s1. The van der Waals surface area contributed by atoms with Crippen LogP contribution in [0.1, 0.15) is 42.4 Å². The molecule has 0 spiro atoms. The van der Waals surface area contributed by atoms with E-state index < -0.39 is 30.4 Å². The summed E-state index contributed by atoms with van der Waals surface area (Å²) in [7, 11) is 0. The Bertz CT molecular complexity index is 634. The summed E-state index contributed by atoms with van der Waals surface area (Å²) in [6.45, 7) is 1.36. The second-order valence-corrected chi connectivity index (χ2v) is 6.48. The first-order chi connectivity index (χ1) is 12.2. The summed E-state index contributed by atoms with van der Waals surface area (Å²) in [5, 5.41) is 9.36. The van der Waals surface area contributed by atoms with E-state index in [1.54, 1.807) is 4.90 Å². The van der Waals surface area contributed by atoms with Crippen molar-refractivity contribution in [3.05, 3.63) is 28.8 Å². The lowest BCUT2D eigenvalue weighted by Gasteiger charge is -2.33. The molecule has 1 fully saturated rings. The summed E-state index contributed by atoms with van der Waals surface area (Å²) in [6, 6.07) is 1.60. The van der Waals surface area contributed by atoms with Crippen molar-refractivity contribution < 1.29 is 32.2 Å². The summed E-state index contributed by atoms with van der Waals surface area (Å²) < 4.78 is 57.5. The van der Waals surface area contributed by atoms with Crippen molar-refractivity contribution in [2.75, 3.05) is 19.8 Å². The summed E-state index contributed by atoms with van der Waals surface area (Å²) >= 11 is 0. The molecule has 1 aliphatic heterocycles. The summed E-state index contributed by atoms with van der Waals surface area (Å²) in [4.78, 5) is 13.1. The monoisotopic (exact) mass is 377 g/mol. The van der Waals surface area contributed by atoms with E-state index in [4.69, 9.17) is 4.74 Å². The Morgan fingerprint density at radius 2 is 2.08 bits per heavy atom. The van der Waals surface area contributed by atoms with Gasteiger partial charge in [-0.05, 0) is 44.0 Å². The number of carbonyl (C=O) groups is 1. The molecule has 8 heteroatoms. The van der Waals surface area contributed by atoms with Crippen LogP contribution in [0.25, 0.3) is 0 Å². The van der Waals surface area contributed by atoms with Gasteiger partial charge in [0.15, 0.2) is 0 Å². The number of nitrogens with zero attached hydrogens (tertiary/aromatic N) is 1. The average Bonchev–Trinajstić information content (AvgIpc) is 2.56. The van der Waals surface area contributed by atoms with Gasteiger partial charge < -0.3 is 9.84 Å². The number of alkyl halides is 4. The van der Waals surface area contributed by atoms with Gasteiger partial charge in [0.2, 0.25) is 0 Å². The molecule has 0 radical (unpaired) electrons. The maximum Gasteiger partial charge on any atom is 0.416 e. The minimum atomic E-state index is -4.51. The van der Waals surface area contributed by atoms with Crippen molar-refractivity contribution in [1.82, 2.24) is 4.90 Å². The number of ether oxygens (including phenoxy) is 1. The van der Waals surface area contributed by atoms with Crippen LogP contribution in [0.15, 0.2) is 12.1 Å². The van der Waals surface area contributed by atoms with E-state index in [1.807, 2.05) is 0 Å². The Kier molecular flexibility index (Phi) is 6.86. The molecule has 1 atom stereocenters. The van der Waals surface area contributed by atoms with E-state index in [0.717, 1.165) is 18.9 Å². The van der Waals surface area contributed by atoms with Crippen LogP contribution < -0.4 is 4.74 Å². The summed E-state index contributed by atoms with van der Waals surface area (Å²) in [6.07, 6.45) is -2.34. The fraction of sp³-hybridized carbons (Fsp3) is 0.611. The normalized spacial score (nSPS) is 18.7. The maximum absolute atomic E-state index is 13.3. The number of hydrogen-bond donors (Lipinski definition) is 1. The average molecular weight is 377 g/mol. The highest BCUT2D eigenvalue weighted by Crippen LogP contribution is 2.36. The van der Waals surface area contributed by atoms with Gasteiger partial charge in [0.1, 0.15) is 11.8 Å². The molecule has 1 N–H and O–H groups in total. The number of halogens is 4. The van der Waals surface area contributed by atoms with Gasteiger partial charge in [0.25, 0.3) is 0 Å². The second kappa shape index (κ2) is 8.70. The minimum absolute atomic E-state index is 0.0185. The molecular weight excluding hydrogens is 354 g/mol. The van der Waals surface area contributed by atoms with Gasteiger partial charge in [-0.25, -0.2) is 0 Å². The van der Waals surface area contributed by atoms with E-state index in [2.05, 4.69) is 0 Å². The lowest BCUT2D eigenvalue weighted by Crippen LogP contribution is -2.44. The van der Waals surface area contributed by atoms with Crippen LogP contribution in [0.3, 0.4) is 0 Å². The lowest BCUT2D eigenvalue weighted by atomic mass is 9.99. The Labute approximate surface area is 149 Å². The van der Waals surface area contributed by atoms with Crippen molar-refractivity contribution in [3.8, 4) is 5.75 Å². The van der Waals surface area contributed by atoms with Gasteiger partial charge in [-0.2, -0.15) is 13.2 Å². The van der Waals surface area contributed by atoms with Crippen LogP contribution in [0, 0.1) is 6.92 Å². The van der Waals surface area contributed by atoms with Crippen LogP contribution in [0.5, 0.6) is 5.75 Å². The summed E-state index contributed by atoms with van der Waals surface area (Å²) in [5.74, 6) is -0.730. The fourth-order valence-corrected chi connectivity index (χ4v) is 3.20. The van der Waals surface area contributed by atoms with E-state index >= 15 is 0 Å². The highest BCUT2D eigenvalue weighted by Gasteiger charge is 2.34. The Morgan fingerprint density at radius 1 is 1.35 bits per heavy atom. The highest BCUT2D eigenvalue weighted by atomic mass is 19.4. The molecule has 146 valence electrons. The Hall–Kier alpha value is -1.83. The Morgan fingerprint density at radius 3 is 2.69 bits per heavy atom. The van der Waals surface area contributed by atoms with E-state index in [9.17, 15) is 27.5 Å². The molecule has 1 saturated heterocycles. The predicted octanol–water partition coefficient (Wildman–Crippen LogP) is 4.19. The molecule has 0 unspecified atom stereocenters. The van der Waals surface area contributed by atoms with Crippen LogP contribution >= 0.6 is 0 Å². The van der Waals surface area contributed by atoms with Gasteiger partial charge in [0, 0.05) is 18.5 Å². The molecule has 0 bridgehead atoms. The number of aryl methyl sites for hydroxylation is 1. The topological polar surface area (TPSA) is 49.8 Å². The zero-order valence-corrected chi connectivity index (χ0v) is 14.6. The van der Waals surface area contributed by atoms with Crippen molar-refractivity contribution >= 4 is 5.97 Å². The van der Waals surface area contributed by atoms with Gasteiger partial charge >= 0.3 is 12.1 Å². The molecule has 1 aliphatic rings. The number of benzene rings is 1. The van der Waals surface area contributed by atoms with E-state index in [-0.39, 0.29) is 36.4 Å². The van der Waals surface area contributed by atoms with Gasteiger partial charge in [0.05, 0.1) is 18.8 Å². The van der Waals surface area contributed by atoms with Crippen molar-refractivity contribution in [1.29, 1.82) is 0 Å². The first kappa shape index (κ1) is 20.5. The van der Waals surface area contributed by atoms with Crippen molar-refractivity contribution in [2.24, 2.45) is 0 Å². The zero-order chi connectivity index (χ0) is 19.3. The number of rotatable bonds is 7. The molecular formula is C18H23F4NO3. The molecule has 1 heterocycles. The molecule has 0 aromatic heterocycles. The van der Waals surface area contributed by atoms with Gasteiger partial charge in [-0.3, -0.25) is 14.1 Å². The quantitative estimate of drug-likeness (QED) is 0.572. The van der Waals surface area contributed by atoms with Crippen LogP contribution in [-0.2, 0) is 17.5 Å². The number of likely N-dealkylation sites (tertiary alicyclic amines) is 1. The van der Waals surface area contributed by atoms with Crippen LogP contribution in [0.4, 0.5) is 17.6 Å². The SMILES string of the molecule is Cc1cc(OCCCF)c(CN2CCCC[C@H]2C(=O)O)cc1C(F)(F)F. The summed E-state index contributed by atoms with van der Waals surface area (Å²) in [5.41, 5.74) is -0.478. The predicted molar refractivity (Wildman–Crippen MR) is 88.0 cm³/mol. The first-order valence-corrected chi connectivity index (χ1v) is 8.60. The van der Waals surface area contributed by atoms with Crippen LogP contribution in [-0.4, -0.2) is 41.8 Å². The molecule has 0 amide bonds. The maximum atomic E-state index is 13.3. The Balaban J connectivity index is 2.34. The molecule has 1 aromatic carbocycles.